The van der Waals surface area contributed by atoms with E-state index in [0.29, 0.717) is 0 Å². The zero-order valence-corrected chi connectivity index (χ0v) is 13.8. The zero-order valence-electron chi connectivity index (χ0n) is 13.1. The molecule has 0 aliphatic rings. The molecule has 0 N–H and O–H groups in total. The van der Waals surface area contributed by atoms with Gasteiger partial charge in [0.2, 0.25) is 0 Å². The molecule has 0 bridgehead atoms. The van der Waals surface area contributed by atoms with E-state index in [0.717, 1.165) is 6.07 Å². The van der Waals surface area contributed by atoms with Crippen molar-refractivity contribution in [2.24, 2.45) is 0 Å². The van der Waals surface area contributed by atoms with Crippen LogP contribution in [-0.4, -0.2) is 29.5 Å². The molecule has 8 heteroatoms. The van der Waals surface area contributed by atoms with E-state index in [1.54, 1.807) is 6.92 Å². The maximum absolute atomic E-state index is 13.8. The van der Waals surface area contributed by atoms with E-state index in [2.05, 4.69) is 5.10 Å². The average Bonchev–Trinajstić information content (AvgIpc) is 2.86. The first-order chi connectivity index (χ1) is 11.5. The molecule has 0 fully saturated rings. The Morgan fingerprint density at radius 3 is 2.83 bits per heavy atom. The van der Waals surface area contributed by atoms with Gasteiger partial charge in [-0.1, -0.05) is 23.7 Å². The highest BCUT2D eigenvalue weighted by atomic mass is 35.5. The lowest BCUT2D eigenvalue weighted by Gasteiger charge is -2.05. The fraction of sp³-hybridized carbons (Fsp3) is 0.250. The summed E-state index contributed by atoms with van der Waals surface area (Å²) in [7, 11) is 1.43. The van der Waals surface area contributed by atoms with Gasteiger partial charge in [0.1, 0.15) is 5.15 Å². The van der Waals surface area contributed by atoms with Crippen molar-refractivity contribution in [1.29, 1.82) is 0 Å². The normalized spacial score (nSPS) is 11.0. The third kappa shape index (κ3) is 3.73. The minimum Gasteiger partial charge on any atom is -0.504 e. The number of halogens is 3. The van der Waals surface area contributed by atoms with Crippen LogP contribution in [0.5, 0.6) is 0 Å². The Bertz CT molecular complexity index is 775. The highest BCUT2D eigenvalue weighted by molar-refractivity contribution is 6.31. The second-order valence-corrected chi connectivity index (χ2v) is 5.04. The molecule has 0 unspecified atom stereocenters. The molecule has 0 radical (unpaired) electrons. The summed E-state index contributed by atoms with van der Waals surface area (Å²) in [6, 6.07) is 3.80. The van der Waals surface area contributed by atoms with Crippen LogP contribution < -0.4 is 0 Å². The van der Waals surface area contributed by atoms with Gasteiger partial charge in [0.25, 0.3) is 0 Å². The predicted molar refractivity (Wildman–Crippen MR) is 84.7 cm³/mol. The number of carbonyl (C=O) groups excluding carboxylic acids is 1. The number of carbonyl (C=O) groups is 1. The van der Waals surface area contributed by atoms with Gasteiger partial charge in [0.05, 0.1) is 26.5 Å². The lowest BCUT2D eigenvalue weighted by Crippen LogP contribution is -2.09. The summed E-state index contributed by atoms with van der Waals surface area (Å²) >= 11 is 6.22. The van der Waals surface area contributed by atoms with Gasteiger partial charge in [-0.25, -0.2) is 18.3 Å². The van der Waals surface area contributed by atoms with E-state index in [1.165, 1.54) is 36.3 Å². The van der Waals surface area contributed by atoms with E-state index in [1.807, 2.05) is 0 Å². The van der Waals surface area contributed by atoms with Gasteiger partial charge in [-0.3, -0.25) is 0 Å². The molecule has 0 amide bonds. The summed E-state index contributed by atoms with van der Waals surface area (Å²) in [5.74, 6) is -2.63. The van der Waals surface area contributed by atoms with Crippen molar-refractivity contribution in [1.82, 2.24) is 9.78 Å². The van der Waals surface area contributed by atoms with Crippen LogP contribution in [0.15, 0.2) is 24.5 Å². The van der Waals surface area contributed by atoms with E-state index >= 15 is 0 Å². The molecule has 0 saturated heterocycles. The maximum Gasteiger partial charge on any atom is 0.359 e. The molecular formula is C16H15ClF2N2O3. The summed E-state index contributed by atoms with van der Waals surface area (Å²) in [4.78, 5) is 12.0. The van der Waals surface area contributed by atoms with Gasteiger partial charge in [-0.15, -0.1) is 0 Å². The number of esters is 1. The van der Waals surface area contributed by atoms with Crippen molar-refractivity contribution in [3.05, 3.63) is 58.1 Å². The first-order valence-electron chi connectivity index (χ1n) is 7.05. The first kappa shape index (κ1) is 17.9. The number of benzene rings is 1. The molecule has 0 saturated carbocycles. The van der Waals surface area contributed by atoms with E-state index in [-0.39, 0.29) is 35.1 Å². The second kappa shape index (κ2) is 7.92. The number of ether oxygens (including phenoxy) is 2. The van der Waals surface area contributed by atoms with Crippen LogP contribution in [0.2, 0.25) is 5.15 Å². The van der Waals surface area contributed by atoms with Crippen molar-refractivity contribution < 1.29 is 23.0 Å². The van der Waals surface area contributed by atoms with Gasteiger partial charge < -0.3 is 9.47 Å². The van der Waals surface area contributed by atoms with Crippen molar-refractivity contribution in [3.8, 4) is 0 Å². The summed E-state index contributed by atoms with van der Waals surface area (Å²) in [6.07, 6.45) is 2.76. The Morgan fingerprint density at radius 1 is 1.42 bits per heavy atom. The van der Waals surface area contributed by atoms with Crippen molar-refractivity contribution in [3.63, 3.8) is 0 Å². The smallest absolute Gasteiger partial charge is 0.359 e. The van der Waals surface area contributed by atoms with Gasteiger partial charge >= 0.3 is 5.97 Å². The number of aromatic nitrogens is 2. The average molecular weight is 357 g/mol. The number of methoxy groups -OCH3 is 1. The summed E-state index contributed by atoms with van der Waals surface area (Å²) in [5, 5.41) is 4.14. The monoisotopic (exact) mass is 356 g/mol. The maximum atomic E-state index is 13.8. The van der Waals surface area contributed by atoms with Crippen molar-refractivity contribution in [2.45, 2.75) is 13.5 Å². The standard InChI is InChI=1S/C16H15ClF2N2O3/c1-3-24-16(22)14-11(7-8-23-2)15(17)21(20-14)9-10-5-4-6-12(18)13(10)19/h4-8H,3,9H2,1-2H3. The van der Waals surface area contributed by atoms with Crippen LogP contribution in [0.1, 0.15) is 28.5 Å². The number of hydrogen-bond acceptors (Lipinski definition) is 4. The van der Waals surface area contributed by atoms with Gasteiger partial charge in [0.15, 0.2) is 17.3 Å². The topological polar surface area (TPSA) is 53.3 Å². The molecule has 0 spiro atoms. The Labute approximate surface area is 142 Å². The quantitative estimate of drug-likeness (QED) is 0.585. The summed E-state index contributed by atoms with van der Waals surface area (Å²) < 4.78 is 38.1. The fourth-order valence-corrected chi connectivity index (χ4v) is 2.28. The molecule has 5 nitrogen and oxygen atoms in total. The summed E-state index contributed by atoms with van der Waals surface area (Å²) in [5.41, 5.74) is 0.290. The molecule has 24 heavy (non-hydrogen) atoms. The minimum atomic E-state index is -0.990. The van der Waals surface area contributed by atoms with E-state index < -0.39 is 17.6 Å². The Balaban J connectivity index is 2.45. The van der Waals surface area contributed by atoms with Crippen molar-refractivity contribution >= 4 is 23.6 Å². The highest BCUT2D eigenvalue weighted by Gasteiger charge is 2.22. The van der Waals surface area contributed by atoms with Crippen LogP contribution in [0.3, 0.4) is 0 Å². The number of nitrogens with zero attached hydrogens (tertiary/aromatic N) is 2. The largest absolute Gasteiger partial charge is 0.504 e. The summed E-state index contributed by atoms with van der Waals surface area (Å²) in [6.45, 7) is 1.67. The predicted octanol–water partition coefficient (Wildman–Crippen LogP) is 3.66. The molecule has 2 aromatic rings. The Hall–Kier alpha value is -2.41. The van der Waals surface area contributed by atoms with Gasteiger partial charge in [-0.2, -0.15) is 5.10 Å². The zero-order chi connectivity index (χ0) is 17.7. The fourth-order valence-electron chi connectivity index (χ4n) is 2.03. The highest BCUT2D eigenvalue weighted by Crippen LogP contribution is 2.24. The Kier molecular flexibility index (Phi) is 5.92. The molecule has 1 heterocycles. The van der Waals surface area contributed by atoms with Gasteiger partial charge in [0, 0.05) is 11.1 Å². The number of hydrogen-bond donors (Lipinski definition) is 0. The third-order valence-corrected chi connectivity index (χ3v) is 3.51. The van der Waals surface area contributed by atoms with Crippen LogP contribution in [0, 0.1) is 11.6 Å². The van der Waals surface area contributed by atoms with Crippen LogP contribution in [0.25, 0.3) is 6.08 Å². The molecule has 128 valence electrons. The van der Waals surface area contributed by atoms with Crippen molar-refractivity contribution in [2.75, 3.05) is 13.7 Å². The SMILES string of the molecule is CCOC(=O)c1nn(Cc2cccc(F)c2F)c(Cl)c1C=COC. The number of rotatable bonds is 6. The molecule has 0 atom stereocenters. The molecule has 0 aliphatic heterocycles. The van der Waals surface area contributed by atoms with Crippen LogP contribution in [-0.2, 0) is 16.0 Å². The second-order valence-electron chi connectivity index (χ2n) is 4.68. The molecule has 0 aliphatic carbocycles. The lowest BCUT2D eigenvalue weighted by molar-refractivity contribution is 0.0518. The molecule has 1 aromatic heterocycles. The van der Waals surface area contributed by atoms with Gasteiger partial charge in [-0.05, 0) is 19.1 Å². The van der Waals surface area contributed by atoms with Crippen LogP contribution in [0.4, 0.5) is 8.78 Å². The minimum absolute atomic E-state index is 0.0352. The molecular weight excluding hydrogens is 342 g/mol. The lowest BCUT2D eigenvalue weighted by atomic mass is 10.2. The molecule has 1 aromatic carbocycles. The van der Waals surface area contributed by atoms with Crippen LogP contribution >= 0.6 is 11.6 Å². The van der Waals surface area contributed by atoms with E-state index in [4.69, 9.17) is 21.1 Å². The third-order valence-electron chi connectivity index (χ3n) is 3.12. The Morgan fingerprint density at radius 2 is 2.17 bits per heavy atom. The van der Waals surface area contributed by atoms with E-state index in [9.17, 15) is 13.6 Å². The molecule has 2 rings (SSSR count). The first-order valence-corrected chi connectivity index (χ1v) is 7.43.